The van der Waals surface area contributed by atoms with Gasteiger partial charge in [0.25, 0.3) is 0 Å². The summed E-state index contributed by atoms with van der Waals surface area (Å²) in [6.07, 6.45) is 2.31. The van der Waals surface area contributed by atoms with Gasteiger partial charge < -0.3 is 14.8 Å². The van der Waals surface area contributed by atoms with Crippen molar-refractivity contribution in [1.82, 2.24) is 14.7 Å². The topological polar surface area (TPSA) is 64.9 Å². The van der Waals surface area contributed by atoms with Gasteiger partial charge in [-0.15, -0.1) is 11.3 Å². The number of benzene rings is 2. The van der Waals surface area contributed by atoms with Crippen LogP contribution in [0.25, 0.3) is 16.2 Å². The Hall–Kier alpha value is -3.32. The number of nitrogens with zero attached hydrogens (tertiary/aromatic N) is 2. The molecule has 0 radical (unpaired) electrons. The molecule has 0 spiro atoms. The van der Waals surface area contributed by atoms with Crippen LogP contribution in [0.1, 0.15) is 22.4 Å². The van der Waals surface area contributed by atoms with Crippen LogP contribution < -0.4 is 14.8 Å². The lowest BCUT2D eigenvalue weighted by Crippen LogP contribution is -2.24. The van der Waals surface area contributed by atoms with Gasteiger partial charge in [-0.05, 0) is 48.7 Å². The standard InChI is InChI=1S/C23H21N3O3S/c1-14-3-5-17(7-15(14)2)19-11-26-18(12-30-23(26)25-19)9-22(27)24-10-16-4-6-20-21(8-16)29-13-28-20/h3-8,11-12H,9-10,13H2,1-2H3,(H,24,27). The zero-order valence-corrected chi connectivity index (χ0v) is 17.6. The number of nitrogens with one attached hydrogen (secondary N) is 1. The van der Waals surface area contributed by atoms with Crippen molar-refractivity contribution >= 4 is 22.2 Å². The van der Waals surface area contributed by atoms with Gasteiger partial charge in [0.2, 0.25) is 12.7 Å². The molecular weight excluding hydrogens is 398 g/mol. The van der Waals surface area contributed by atoms with Crippen molar-refractivity contribution in [2.24, 2.45) is 0 Å². The van der Waals surface area contributed by atoms with Crippen LogP contribution in [0.2, 0.25) is 0 Å². The van der Waals surface area contributed by atoms with E-state index < -0.39 is 0 Å². The molecule has 0 aliphatic carbocycles. The van der Waals surface area contributed by atoms with Crippen molar-refractivity contribution in [2.75, 3.05) is 6.79 Å². The van der Waals surface area contributed by atoms with E-state index in [0.717, 1.165) is 39.0 Å². The van der Waals surface area contributed by atoms with Crippen LogP contribution in [0, 0.1) is 13.8 Å². The fraction of sp³-hybridized carbons (Fsp3) is 0.217. The maximum atomic E-state index is 12.5. The normalized spacial score (nSPS) is 12.5. The first-order valence-electron chi connectivity index (χ1n) is 9.75. The molecule has 1 aliphatic rings. The molecule has 2 aromatic heterocycles. The number of hydrogen-bond donors (Lipinski definition) is 1. The average molecular weight is 420 g/mol. The van der Waals surface area contributed by atoms with Crippen molar-refractivity contribution in [3.05, 3.63) is 70.4 Å². The Labute approximate surface area is 178 Å². The Balaban J connectivity index is 1.28. The van der Waals surface area contributed by atoms with Gasteiger partial charge in [-0.25, -0.2) is 4.98 Å². The highest BCUT2D eigenvalue weighted by molar-refractivity contribution is 7.15. The van der Waals surface area contributed by atoms with Crippen molar-refractivity contribution in [2.45, 2.75) is 26.8 Å². The van der Waals surface area contributed by atoms with Crippen LogP contribution >= 0.6 is 11.3 Å². The van der Waals surface area contributed by atoms with Crippen molar-refractivity contribution in [1.29, 1.82) is 0 Å². The summed E-state index contributed by atoms with van der Waals surface area (Å²) in [6, 6.07) is 12.1. The molecule has 0 bridgehead atoms. The van der Waals surface area contributed by atoms with Gasteiger partial charge in [0.15, 0.2) is 16.5 Å². The minimum absolute atomic E-state index is 0.0335. The number of aromatic nitrogens is 2. The number of amides is 1. The van der Waals surface area contributed by atoms with E-state index in [1.165, 1.54) is 11.1 Å². The van der Waals surface area contributed by atoms with Crippen LogP contribution in [-0.4, -0.2) is 22.1 Å². The average Bonchev–Trinajstić information content (AvgIpc) is 3.45. The largest absolute Gasteiger partial charge is 0.454 e. The summed E-state index contributed by atoms with van der Waals surface area (Å²) in [5.41, 5.74) is 6.43. The van der Waals surface area contributed by atoms with Crippen LogP contribution in [0.15, 0.2) is 48.0 Å². The molecule has 3 heterocycles. The number of carbonyl (C=O) groups excluding carboxylic acids is 1. The minimum Gasteiger partial charge on any atom is -0.454 e. The van der Waals surface area contributed by atoms with E-state index in [1.807, 2.05) is 34.2 Å². The molecular formula is C23H21N3O3S. The SMILES string of the molecule is Cc1ccc(-c2cn3c(CC(=O)NCc4ccc5c(c4)OCO5)csc3n2)cc1C. The summed E-state index contributed by atoms with van der Waals surface area (Å²) in [7, 11) is 0. The predicted molar refractivity (Wildman–Crippen MR) is 116 cm³/mol. The van der Waals surface area contributed by atoms with Gasteiger partial charge in [-0.3, -0.25) is 9.20 Å². The summed E-state index contributed by atoms with van der Waals surface area (Å²) >= 11 is 1.55. The molecule has 1 N–H and O–H groups in total. The highest BCUT2D eigenvalue weighted by Gasteiger charge is 2.15. The number of hydrogen-bond acceptors (Lipinski definition) is 5. The summed E-state index contributed by atoms with van der Waals surface area (Å²) in [4.78, 5) is 18.1. The quantitative estimate of drug-likeness (QED) is 0.525. The third-order valence-corrected chi connectivity index (χ3v) is 6.24. The van der Waals surface area contributed by atoms with Gasteiger partial charge >= 0.3 is 0 Å². The smallest absolute Gasteiger partial charge is 0.231 e. The lowest BCUT2D eigenvalue weighted by Gasteiger charge is -2.06. The number of ether oxygens (including phenoxy) is 2. The monoisotopic (exact) mass is 419 g/mol. The fourth-order valence-electron chi connectivity index (χ4n) is 3.47. The second kappa shape index (κ2) is 7.50. The lowest BCUT2D eigenvalue weighted by molar-refractivity contribution is -0.120. The van der Waals surface area contributed by atoms with E-state index in [0.29, 0.717) is 13.0 Å². The van der Waals surface area contributed by atoms with Crippen LogP contribution in [-0.2, 0) is 17.8 Å². The Morgan fingerprint density at radius 3 is 2.87 bits per heavy atom. The second-order valence-corrected chi connectivity index (χ2v) is 8.28. The molecule has 6 nitrogen and oxygen atoms in total. The zero-order chi connectivity index (χ0) is 20.7. The summed E-state index contributed by atoms with van der Waals surface area (Å²) < 4.78 is 12.7. The van der Waals surface area contributed by atoms with E-state index in [1.54, 1.807) is 11.3 Å². The molecule has 1 amide bonds. The van der Waals surface area contributed by atoms with Gasteiger partial charge in [-0.1, -0.05) is 18.2 Å². The number of aryl methyl sites for hydroxylation is 2. The molecule has 0 atom stereocenters. The van der Waals surface area contributed by atoms with Crippen molar-refractivity contribution < 1.29 is 14.3 Å². The van der Waals surface area contributed by atoms with Gasteiger partial charge in [0, 0.05) is 29.4 Å². The predicted octanol–water partition coefficient (Wildman–Crippen LogP) is 4.27. The van der Waals surface area contributed by atoms with Gasteiger partial charge in [0.05, 0.1) is 12.1 Å². The number of thiazole rings is 1. The third kappa shape index (κ3) is 3.52. The van der Waals surface area contributed by atoms with Gasteiger partial charge in [0.1, 0.15) is 0 Å². The van der Waals surface area contributed by atoms with Crippen molar-refractivity contribution in [3.8, 4) is 22.8 Å². The second-order valence-electron chi connectivity index (χ2n) is 7.45. The number of rotatable bonds is 5. The summed E-state index contributed by atoms with van der Waals surface area (Å²) in [6.45, 7) is 4.90. The first-order valence-corrected chi connectivity index (χ1v) is 10.6. The number of imidazole rings is 1. The van der Waals surface area contributed by atoms with E-state index >= 15 is 0 Å². The third-order valence-electron chi connectivity index (χ3n) is 5.35. The van der Waals surface area contributed by atoms with E-state index in [-0.39, 0.29) is 12.7 Å². The zero-order valence-electron chi connectivity index (χ0n) is 16.8. The fourth-order valence-corrected chi connectivity index (χ4v) is 4.35. The Morgan fingerprint density at radius 1 is 1.13 bits per heavy atom. The van der Waals surface area contributed by atoms with Crippen LogP contribution in [0.5, 0.6) is 11.5 Å². The molecule has 1 aliphatic heterocycles. The van der Waals surface area contributed by atoms with E-state index in [2.05, 4.69) is 37.4 Å². The molecule has 0 unspecified atom stereocenters. The maximum Gasteiger partial charge on any atom is 0.231 e. The molecule has 2 aromatic carbocycles. The molecule has 7 heteroatoms. The molecule has 0 saturated carbocycles. The van der Waals surface area contributed by atoms with E-state index in [4.69, 9.17) is 14.5 Å². The summed E-state index contributed by atoms with van der Waals surface area (Å²) in [5.74, 6) is 1.43. The Kier molecular flexibility index (Phi) is 4.67. The maximum absolute atomic E-state index is 12.5. The number of carbonyl (C=O) groups is 1. The number of fused-ring (bicyclic) bond motifs is 2. The molecule has 4 aromatic rings. The molecule has 5 rings (SSSR count). The highest BCUT2D eigenvalue weighted by atomic mass is 32.1. The lowest BCUT2D eigenvalue weighted by atomic mass is 10.0. The molecule has 0 saturated heterocycles. The highest BCUT2D eigenvalue weighted by Crippen LogP contribution is 2.32. The van der Waals surface area contributed by atoms with Crippen molar-refractivity contribution in [3.63, 3.8) is 0 Å². The first kappa shape index (κ1) is 18.7. The van der Waals surface area contributed by atoms with E-state index in [9.17, 15) is 4.79 Å². The Morgan fingerprint density at radius 2 is 2.00 bits per heavy atom. The van der Waals surface area contributed by atoms with Gasteiger partial charge in [-0.2, -0.15) is 0 Å². The Bertz CT molecular complexity index is 1260. The first-order chi connectivity index (χ1) is 14.6. The van der Waals surface area contributed by atoms with Crippen LogP contribution in [0.3, 0.4) is 0 Å². The molecule has 152 valence electrons. The summed E-state index contributed by atoms with van der Waals surface area (Å²) in [5, 5.41) is 4.97. The minimum atomic E-state index is -0.0335. The molecule has 30 heavy (non-hydrogen) atoms. The molecule has 0 fully saturated rings. The van der Waals surface area contributed by atoms with Crippen LogP contribution in [0.4, 0.5) is 0 Å².